The van der Waals surface area contributed by atoms with Crippen LogP contribution in [0.5, 0.6) is 0 Å². The van der Waals surface area contributed by atoms with Gasteiger partial charge in [-0.1, -0.05) is 33.1 Å². The Hall–Kier alpha value is 0.160. The minimum Gasteiger partial charge on any atom is -0.201 e. The van der Waals surface area contributed by atoms with Crippen LogP contribution in [0.3, 0.4) is 0 Å². The quantitative estimate of drug-likeness (QED) is 0.733. The van der Waals surface area contributed by atoms with Crippen molar-refractivity contribution in [2.75, 3.05) is 19.6 Å². The fraction of sp³-hybridized carbons (Fsp3) is 1.00. The van der Waals surface area contributed by atoms with Crippen LogP contribution in [0, 0.1) is 5.92 Å². The molecule has 1 aliphatic heterocycles. The summed E-state index contributed by atoms with van der Waals surface area (Å²) in [4.78, 5) is 0. The minimum atomic E-state index is -3.33. The summed E-state index contributed by atoms with van der Waals surface area (Å²) in [6, 6.07) is 0. The van der Waals surface area contributed by atoms with Crippen LogP contribution in [-0.2, 0) is 10.2 Å². The topological polar surface area (TPSA) is 49.4 Å². The van der Waals surface area contributed by atoms with Crippen LogP contribution < -0.4 is 4.72 Å². The Balaban J connectivity index is 2.45. The standard InChI is InChI=1S/C12H25ClN2O2S/c1-3-11(4-2)12(13)10-14-18(16,17)15-8-6-5-7-9-15/h11-12,14H,3-10H2,1-2H3. The molecule has 1 atom stereocenters. The molecule has 0 aromatic rings. The van der Waals surface area contributed by atoms with Gasteiger partial charge in [0.1, 0.15) is 0 Å². The van der Waals surface area contributed by atoms with Gasteiger partial charge in [0.05, 0.1) is 0 Å². The Morgan fingerprint density at radius 3 is 2.22 bits per heavy atom. The van der Waals surface area contributed by atoms with Gasteiger partial charge in [0.15, 0.2) is 0 Å². The molecule has 0 radical (unpaired) electrons. The van der Waals surface area contributed by atoms with Gasteiger partial charge in [-0.25, -0.2) is 4.72 Å². The number of rotatable bonds is 7. The van der Waals surface area contributed by atoms with Gasteiger partial charge in [0.25, 0.3) is 10.2 Å². The third kappa shape index (κ3) is 4.68. The van der Waals surface area contributed by atoms with Crippen molar-refractivity contribution in [1.82, 2.24) is 9.03 Å². The lowest BCUT2D eigenvalue weighted by molar-refractivity contribution is 0.340. The molecule has 108 valence electrons. The van der Waals surface area contributed by atoms with Crippen LogP contribution in [0.4, 0.5) is 0 Å². The van der Waals surface area contributed by atoms with Crippen molar-refractivity contribution in [3.63, 3.8) is 0 Å². The Morgan fingerprint density at radius 2 is 1.72 bits per heavy atom. The zero-order chi connectivity index (χ0) is 13.6. The Morgan fingerprint density at radius 1 is 1.17 bits per heavy atom. The molecule has 0 amide bonds. The molecule has 18 heavy (non-hydrogen) atoms. The SMILES string of the molecule is CCC(CC)C(Cl)CNS(=O)(=O)N1CCCCC1. The van der Waals surface area contributed by atoms with Gasteiger partial charge >= 0.3 is 0 Å². The van der Waals surface area contributed by atoms with Crippen LogP contribution in [0.2, 0.25) is 0 Å². The van der Waals surface area contributed by atoms with E-state index in [9.17, 15) is 8.42 Å². The number of piperidine rings is 1. The van der Waals surface area contributed by atoms with Crippen molar-refractivity contribution in [3.8, 4) is 0 Å². The van der Waals surface area contributed by atoms with E-state index in [-0.39, 0.29) is 5.38 Å². The second-order valence-corrected chi connectivity index (χ2v) is 7.22. The van der Waals surface area contributed by atoms with E-state index in [1.54, 1.807) is 0 Å². The fourth-order valence-electron chi connectivity index (χ4n) is 2.35. The Labute approximate surface area is 116 Å². The highest BCUT2D eigenvalue weighted by Crippen LogP contribution is 2.18. The van der Waals surface area contributed by atoms with E-state index in [0.717, 1.165) is 32.1 Å². The maximum atomic E-state index is 12.0. The van der Waals surface area contributed by atoms with Crippen molar-refractivity contribution in [2.24, 2.45) is 5.92 Å². The van der Waals surface area contributed by atoms with Crippen molar-refractivity contribution in [2.45, 2.75) is 51.3 Å². The molecule has 4 nitrogen and oxygen atoms in total. The van der Waals surface area contributed by atoms with E-state index < -0.39 is 10.2 Å². The molecule has 1 N–H and O–H groups in total. The summed E-state index contributed by atoms with van der Waals surface area (Å²) in [5.74, 6) is 0.371. The third-order valence-electron chi connectivity index (χ3n) is 3.68. The van der Waals surface area contributed by atoms with Crippen LogP contribution in [0.15, 0.2) is 0 Å². The molecule has 0 bridgehead atoms. The van der Waals surface area contributed by atoms with Crippen LogP contribution >= 0.6 is 11.6 Å². The van der Waals surface area contributed by atoms with Gasteiger partial charge in [-0.15, -0.1) is 11.6 Å². The molecule has 0 saturated carbocycles. The maximum absolute atomic E-state index is 12.0. The van der Waals surface area contributed by atoms with E-state index in [1.165, 1.54) is 4.31 Å². The van der Waals surface area contributed by atoms with E-state index in [0.29, 0.717) is 25.6 Å². The Kier molecular flexibility index (Phi) is 6.92. The highest BCUT2D eigenvalue weighted by Gasteiger charge is 2.25. The first kappa shape index (κ1) is 16.2. The van der Waals surface area contributed by atoms with Gasteiger partial charge in [-0.2, -0.15) is 12.7 Å². The summed E-state index contributed by atoms with van der Waals surface area (Å²) in [5, 5.41) is -0.125. The largest absolute Gasteiger partial charge is 0.279 e. The van der Waals surface area contributed by atoms with Gasteiger partial charge in [0.2, 0.25) is 0 Å². The molecule has 6 heteroatoms. The zero-order valence-corrected chi connectivity index (χ0v) is 12.9. The number of nitrogens with zero attached hydrogens (tertiary/aromatic N) is 1. The molecule has 1 fully saturated rings. The summed E-state index contributed by atoms with van der Waals surface area (Å²) >= 11 is 6.25. The predicted molar refractivity (Wildman–Crippen MR) is 76.1 cm³/mol. The molecule has 1 heterocycles. The molecule has 1 aliphatic rings. The average Bonchev–Trinajstić information content (AvgIpc) is 2.39. The first-order valence-corrected chi connectivity index (χ1v) is 8.77. The number of alkyl halides is 1. The van der Waals surface area contributed by atoms with E-state index in [4.69, 9.17) is 11.6 Å². The van der Waals surface area contributed by atoms with Crippen molar-refractivity contribution in [3.05, 3.63) is 0 Å². The monoisotopic (exact) mass is 296 g/mol. The minimum absolute atomic E-state index is 0.125. The van der Waals surface area contributed by atoms with Gasteiger partial charge in [0, 0.05) is 25.0 Å². The highest BCUT2D eigenvalue weighted by atomic mass is 35.5. The lowest BCUT2D eigenvalue weighted by Gasteiger charge is -2.27. The zero-order valence-electron chi connectivity index (χ0n) is 11.4. The van der Waals surface area contributed by atoms with Crippen molar-refractivity contribution in [1.29, 1.82) is 0 Å². The summed E-state index contributed by atoms with van der Waals surface area (Å²) < 4.78 is 28.3. The lowest BCUT2D eigenvalue weighted by atomic mass is 9.99. The normalized spacial score (nSPS) is 20.2. The summed E-state index contributed by atoms with van der Waals surface area (Å²) in [6.07, 6.45) is 5.00. The molecule has 1 unspecified atom stereocenters. The number of hydrogen-bond acceptors (Lipinski definition) is 2. The number of halogens is 1. The van der Waals surface area contributed by atoms with Crippen LogP contribution in [-0.4, -0.2) is 37.7 Å². The first-order valence-electron chi connectivity index (χ1n) is 6.90. The second-order valence-electron chi connectivity index (χ2n) is 4.91. The van der Waals surface area contributed by atoms with E-state index in [2.05, 4.69) is 18.6 Å². The third-order valence-corrected chi connectivity index (χ3v) is 5.76. The highest BCUT2D eigenvalue weighted by molar-refractivity contribution is 7.87. The summed E-state index contributed by atoms with van der Waals surface area (Å²) in [7, 11) is -3.33. The van der Waals surface area contributed by atoms with Gasteiger partial charge < -0.3 is 0 Å². The van der Waals surface area contributed by atoms with E-state index in [1.807, 2.05) is 0 Å². The van der Waals surface area contributed by atoms with Crippen molar-refractivity contribution < 1.29 is 8.42 Å². The molecule has 0 aliphatic carbocycles. The summed E-state index contributed by atoms with van der Waals surface area (Å²) in [6.45, 7) is 5.76. The van der Waals surface area contributed by atoms with Crippen molar-refractivity contribution >= 4 is 21.8 Å². The number of nitrogens with one attached hydrogen (secondary N) is 1. The smallest absolute Gasteiger partial charge is 0.201 e. The van der Waals surface area contributed by atoms with Gasteiger partial charge in [-0.05, 0) is 18.8 Å². The van der Waals surface area contributed by atoms with Crippen LogP contribution in [0.1, 0.15) is 46.0 Å². The molecular weight excluding hydrogens is 272 g/mol. The molecule has 1 saturated heterocycles. The fourth-order valence-corrected chi connectivity index (χ4v) is 4.18. The van der Waals surface area contributed by atoms with E-state index >= 15 is 0 Å². The lowest BCUT2D eigenvalue weighted by Crippen LogP contribution is -2.45. The molecule has 0 aromatic heterocycles. The maximum Gasteiger partial charge on any atom is 0.279 e. The average molecular weight is 297 g/mol. The molecule has 0 aromatic carbocycles. The molecule has 1 rings (SSSR count). The second kappa shape index (κ2) is 7.68. The summed E-state index contributed by atoms with van der Waals surface area (Å²) in [5.41, 5.74) is 0. The van der Waals surface area contributed by atoms with Gasteiger partial charge in [-0.3, -0.25) is 0 Å². The Bertz CT molecular complexity index is 325. The first-order chi connectivity index (χ1) is 8.51. The van der Waals surface area contributed by atoms with Crippen LogP contribution in [0.25, 0.3) is 0 Å². The molecular formula is C12H25ClN2O2S. The molecule has 0 spiro atoms. The number of hydrogen-bond donors (Lipinski definition) is 1. The predicted octanol–water partition coefficient (Wildman–Crippen LogP) is 2.35.